The fraction of sp³-hybridized carbons (Fsp3) is 0.286. The Hall–Kier alpha value is -2.64. The number of H-pyrrole nitrogens is 1. The number of fused-ring (bicyclic) bond motifs is 2. The molecule has 5 N–H and O–H groups in total. The fourth-order valence-electron chi connectivity index (χ4n) is 4.14. The van der Waals surface area contributed by atoms with Gasteiger partial charge in [0, 0.05) is 44.7 Å². The molecular formula is C21H21FN4OS. The Bertz CT molecular complexity index is 1170. The maximum Gasteiger partial charge on any atom is 0.198 e. The summed E-state index contributed by atoms with van der Waals surface area (Å²) in [6.07, 6.45) is 5.49. The van der Waals surface area contributed by atoms with Crippen molar-refractivity contribution in [2.24, 2.45) is 5.73 Å². The Morgan fingerprint density at radius 2 is 2.04 bits per heavy atom. The molecule has 1 fully saturated rings. The van der Waals surface area contributed by atoms with Crippen LogP contribution in [0.15, 0.2) is 35.8 Å². The van der Waals surface area contributed by atoms with Gasteiger partial charge in [-0.1, -0.05) is 31.0 Å². The lowest BCUT2D eigenvalue weighted by molar-refractivity contribution is 0.402. The van der Waals surface area contributed by atoms with Crippen molar-refractivity contribution >= 4 is 38.0 Å². The summed E-state index contributed by atoms with van der Waals surface area (Å²) in [5, 5.41) is 17.4. The minimum atomic E-state index is -0.465. The lowest BCUT2D eigenvalue weighted by atomic mass is 9.91. The first-order chi connectivity index (χ1) is 13.6. The van der Waals surface area contributed by atoms with E-state index in [9.17, 15) is 5.11 Å². The van der Waals surface area contributed by atoms with Crippen LogP contribution in [0, 0.1) is 5.82 Å². The van der Waals surface area contributed by atoms with Crippen LogP contribution in [-0.4, -0.2) is 27.2 Å². The highest BCUT2D eigenvalue weighted by atomic mass is 32.1. The molecule has 1 aliphatic carbocycles. The van der Waals surface area contributed by atoms with Crippen molar-refractivity contribution in [3.63, 3.8) is 0 Å². The summed E-state index contributed by atoms with van der Waals surface area (Å²) in [6, 6.07) is 7.99. The van der Waals surface area contributed by atoms with Gasteiger partial charge in [0.05, 0.1) is 11.1 Å². The molecule has 1 aromatic carbocycles. The molecule has 144 valence electrons. The Kier molecular flexibility index (Phi) is 4.21. The monoisotopic (exact) mass is 396 g/mol. The van der Waals surface area contributed by atoms with Crippen molar-refractivity contribution in [1.82, 2.24) is 9.97 Å². The van der Waals surface area contributed by atoms with Crippen LogP contribution < -0.4 is 11.1 Å². The van der Waals surface area contributed by atoms with E-state index in [1.54, 1.807) is 11.3 Å². The number of rotatable bonds is 3. The molecule has 3 aromatic heterocycles. The Morgan fingerprint density at radius 1 is 1.21 bits per heavy atom. The van der Waals surface area contributed by atoms with E-state index in [1.807, 2.05) is 29.6 Å². The highest BCUT2D eigenvalue weighted by molar-refractivity contribution is 7.17. The number of pyridine rings is 1. The van der Waals surface area contributed by atoms with E-state index < -0.39 is 5.82 Å². The van der Waals surface area contributed by atoms with Gasteiger partial charge in [0.25, 0.3) is 0 Å². The van der Waals surface area contributed by atoms with Gasteiger partial charge in [-0.2, -0.15) is 0 Å². The second kappa shape index (κ2) is 6.76. The fourth-order valence-corrected chi connectivity index (χ4v) is 5.08. The van der Waals surface area contributed by atoms with Gasteiger partial charge in [0.1, 0.15) is 0 Å². The van der Waals surface area contributed by atoms with Gasteiger partial charge < -0.3 is 21.1 Å². The summed E-state index contributed by atoms with van der Waals surface area (Å²) in [5.41, 5.74) is 7.70. The van der Waals surface area contributed by atoms with Crippen LogP contribution in [0.3, 0.4) is 0 Å². The number of nitrogens with zero attached hydrogens (tertiary/aromatic N) is 1. The third-order valence-corrected chi connectivity index (χ3v) is 6.61. The Morgan fingerprint density at radius 3 is 2.89 bits per heavy atom. The third-order valence-electron chi connectivity index (χ3n) is 5.64. The molecule has 0 amide bonds. The number of halogens is 1. The standard InChI is InChI=1S/C21H21FN4OS/c22-18-12-9-24-21(27)17(12)19(13-10-28-16-8-4-1-5-11(13)16)26-20(18)25-15-7-3-2-6-14(15)23/h1,4-5,8-10,14-15,24-25,27H,2-3,6-7,23H2/t14-,15+/m0/s1. The zero-order valence-corrected chi connectivity index (χ0v) is 16.0. The summed E-state index contributed by atoms with van der Waals surface area (Å²) in [4.78, 5) is 7.37. The van der Waals surface area contributed by atoms with Gasteiger partial charge in [-0.15, -0.1) is 11.3 Å². The van der Waals surface area contributed by atoms with Crippen molar-refractivity contribution in [3.8, 4) is 17.1 Å². The number of nitrogens with one attached hydrogen (secondary N) is 2. The molecule has 0 spiro atoms. The van der Waals surface area contributed by atoms with Gasteiger partial charge in [-0.25, -0.2) is 9.37 Å². The van der Waals surface area contributed by atoms with Crippen molar-refractivity contribution in [3.05, 3.63) is 41.7 Å². The van der Waals surface area contributed by atoms with Crippen LogP contribution in [0.4, 0.5) is 10.2 Å². The first-order valence-electron chi connectivity index (χ1n) is 9.51. The maximum atomic E-state index is 15.2. The molecule has 0 bridgehead atoms. The second-order valence-corrected chi connectivity index (χ2v) is 8.30. The maximum absolute atomic E-state index is 15.2. The molecule has 1 saturated carbocycles. The quantitative estimate of drug-likeness (QED) is 0.394. The third kappa shape index (κ3) is 2.73. The molecule has 28 heavy (non-hydrogen) atoms. The zero-order valence-electron chi connectivity index (χ0n) is 15.2. The number of aromatic hydroxyl groups is 1. The van der Waals surface area contributed by atoms with Gasteiger partial charge in [0.2, 0.25) is 0 Å². The van der Waals surface area contributed by atoms with E-state index in [0.29, 0.717) is 16.5 Å². The number of nitrogens with two attached hydrogens (primary N) is 1. The molecule has 0 aliphatic heterocycles. The molecular weight excluding hydrogens is 375 g/mol. The predicted octanol–water partition coefficient (Wildman–Crippen LogP) is 4.97. The number of hydrogen-bond acceptors (Lipinski definition) is 5. The predicted molar refractivity (Wildman–Crippen MR) is 112 cm³/mol. The Labute approximate surface area is 165 Å². The van der Waals surface area contributed by atoms with Crippen molar-refractivity contribution in [2.75, 3.05) is 5.32 Å². The molecule has 5 nitrogen and oxygen atoms in total. The van der Waals surface area contributed by atoms with Crippen LogP contribution in [0.5, 0.6) is 5.88 Å². The number of benzene rings is 1. The van der Waals surface area contributed by atoms with Crippen LogP contribution >= 0.6 is 11.3 Å². The molecule has 5 rings (SSSR count). The second-order valence-electron chi connectivity index (χ2n) is 7.39. The highest BCUT2D eigenvalue weighted by Gasteiger charge is 2.26. The van der Waals surface area contributed by atoms with E-state index in [4.69, 9.17) is 5.73 Å². The molecule has 0 saturated heterocycles. The van der Waals surface area contributed by atoms with Crippen molar-refractivity contribution in [1.29, 1.82) is 0 Å². The summed E-state index contributed by atoms with van der Waals surface area (Å²) in [5.74, 6) is -0.348. The van der Waals surface area contributed by atoms with Crippen LogP contribution in [0.2, 0.25) is 0 Å². The van der Waals surface area contributed by atoms with Crippen molar-refractivity contribution in [2.45, 2.75) is 37.8 Å². The molecule has 7 heteroatoms. The summed E-state index contributed by atoms with van der Waals surface area (Å²) in [7, 11) is 0. The van der Waals surface area contributed by atoms with Gasteiger partial charge in [-0.05, 0) is 18.9 Å². The lowest BCUT2D eigenvalue weighted by Gasteiger charge is -2.30. The van der Waals surface area contributed by atoms with Crippen LogP contribution in [0.25, 0.3) is 32.1 Å². The number of thiophene rings is 1. The summed E-state index contributed by atoms with van der Waals surface area (Å²) in [6.45, 7) is 0. The van der Waals surface area contributed by atoms with Gasteiger partial charge >= 0.3 is 0 Å². The first-order valence-corrected chi connectivity index (χ1v) is 10.4. The van der Waals surface area contributed by atoms with Crippen molar-refractivity contribution < 1.29 is 9.50 Å². The molecule has 0 unspecified atom stereocenters. The molecule has 2 atom stereocenters. The first kappa shape index (κ1) is 17.5. The van der Waals surface area contributed by atoms with E-state index in [2.05, 4.69) is 15.3 Å². The zero-order chi connectivity index (χ0) is 19.3. The molecule has 0 radical (unpaired) electrons. The summed E-state index contributed by atoms with van der Waals surface area (Å²) < 4.78 is 16.3. The van der Waals surface area contributed by atoms with Crippen LogP contribution in [-0.2, 0) is 0 Å². The SMILES string of the molecule is N[C@H]1CCCC[C@H]1Nc1nc(-c2csc3ccccc23)c2c(O)[nH]cc2c1F. The molecule has 4 aromatic rings. The van der Waals surface area contributed by atoms with Crippen LogP contribution in [0.1, 0.15) is 25.7 Å². The van der Waals surface area contributed by atoms with E-state index in [1.165, 1.54) is 6.20 Å². The number of anilines is 1. The minimum Gasteiger partial charge on any atom is -0.494 e. The average molecular weight is 396 g/mol. The number of aromatic nitrogens is 2. The average Bonchev–Trinajstić information content (AvgIpc) is 3.30. The Balaban J connectivity index is 1.70. The van der Waals surface area contributed by atoms with E-state index in [-0.39, 0.29) is 23.8 Å². The minimum absolute atomic E-state index is 0.00666. The normalized spacial score (nSPS) is 20.1. The van der Waals surface area contributed by atoms with E-state index in [0.717, 1.165) is 41.3 Å². The topological polar surface area (TPSA) is 87.0 Å². The number of hydrogen-bond donors (Lipinski definition) is 4. The highest BCUT2D eigenvalue weighted by Crippen LogP contribution is 2.41. The van der Waals surface area contributed by atoms with Gasteiger partial charge in [-0.3, -0.25) is 0 Å². The van der Waals surface area contributed by atoms with Gasteiger partial charge in [0.15, 0.2) is 17.5 Å². The lowest BCUT2D eigenvalue weighted by Crippen LogP contribution is -2.43. The number of aromatic amines is 1. The summed E-state index contributed by atoms with van der Waals surface area (Å²) >= 11 is 1.61. The largest absolute Gasteiger partial charge is 0.494 e. The smallest absolute Gasteiger partial charge is 0.198 e. The molecule has 1 aliphatic rings. The van der Waals surface area contributed by atoms with E-state index >= 15 is 4.39 Å². The molecule has 3 heterocycles.